The van der Waals surface area contributed by atoms with Gasteiger partial charge in [-0.2, -0.15) is 0 Å². The zero-order chi connectivity index (χ0) is 15.1. The number of anilines is 1. The molecule has 0 bridgehead atoms. The maximum absolute atomic E-state index is 5.95. The Hall–Kier alpha value is -1.62. The minimum Gasteiger partial charge on any atom is -0.383 e. The summed E-state index contributed by atoms with van der Waals surface area (Å²) in [5.74, 6) is 1.40. The van der Waals surface area contributed by atoms with Crippen LogP contribution in [0.15, 0.2) is 18.6 Å². The zero-order valence-corrected chi connectivity index (χ0v) is 13.3. The Morgan fingerprint density at radius 1 is 1.27 bits per heavy atom. The summed E-state index contributed by atoms with van der Waals surface area (Å²) in [4.78, 5) is 11.1. The van der Waals surface area contributed by atoms with E-state index in [1.165, 1.54) is 45.1 Å². The van der Waals surface area contributed by atoms with Gasteiger partial charge in [0.25, 0.3) is 0 Å². The minimum absolute atomic E-state index is 0.562. The number of fused-ring (bicyclic) bond motifs is 1. The highest BCUT2D eigenvalue weighted by molar-refractivity contribution is 5.86. The van der Waals surface area contributed by atoms with Crippen LogP contribution >= 0.6 is 0 Å². The minimum atomic E-state index is 0.562. The van der Waals surface area contributed by atoms with E-state index >= 15 is 0 Å². The first-order valence-electron chi connectivity index (χ1n) is 8.49. The van der Waals surface area contributed by atoms with Gasteiger partial charge in [-0.05, 0) is 51.1 Å². The molecule has 4 rings (SSSR count). The fourth-order valence-electron chi connectivity index (χ4n) is 4.14. The Labute approximate surface area is 131 Å². The molecule has 2 atom stereocenters. The Kier molecular flexibility index (Phi) is 3.53. The molecule has 0 radical (unpaired) electrons. The van der Waals surface area contributed by atoms with E-state index in [4.69, 9.17) is 5.73 Å². The molecule has 0 aromatic carbocycles. The molecule has 5 nitrogen and oxygen atoms in total. The van der Waals surface area contributed by atoms with Gasteiger partial charge < -0.3 is 15.2 Å². The van der Waals surface area contributed by atoms with Gasteiger partial charge in [-0.15, -0.1) is 0 Å². The number of nitrogens with zero attached hydrogens (tertiary/aromatic N) is 4. The van der Waals surface area contributed by atoms with Crippen molar-refractivity contribution in [3.05, 3.63) is 18.6 Å². The van der Waals surface area contributed by atoms with Crippen LogP contribution in [0.5, 0.6) is 0 Å². The second kappa shape index (κ2) is 5.54. The lowest BCUT2D eigenvalue weighted by Crippen LogP contribution is -2.39. The van der Waals surface area contributed by atoms with Crippen LogP contribution in [-0.2, 0) is 0 Å². The van der Waals surface area contributed by atoms with Crippen molar-refractivity contribution in [3.8, 4) is 0 Å². The number of rotatable bonds is 4. The molecule has 2 heterocycles. The maximum Gasteiger partial charge on any atom is 0.145 e. The molecule has 2 N–H and O–H groups in total. The average Bonchev–Trinajstić information content (AvgIpc) is 3.03. The fourth-order valence-corrected chi connectivity index (χ4v) is 4.14. The summed E-state index contributed by atoms with van der Waals surface area (Å²) in [6, 6.07) is 3.46. The van der Waals surface area contributed by atoms with Crippen LogP contribution in [0, 0.1) is 5.92 Å². The molecule has 2 fully saturated rings. The monoisotopic (exact) mass is 299 g/mol. The van der Waals surface area contributed by atoms with E-state index in [0.29, 0.717) is 11.9 Å². The van der Waals surface area contributed by atoms with E-state index in [9.17, 15) is 0 Å². The molecule has 2 aliphatic rings. The highest BCUT2D eigenvalue weighted by Gasteiger charge is 2.30. The van der Waals surface area contributed by atoms with Crippen LogP contribution in [0.25, 0.3) is 11.0 Å². The molecule has 118 valence electrons. The highest BCUT2D eigenvalue weighted by atomic mass is 15.1. The lowest BCUT2D eigenvalue weighted by atomic mass is 9.91. The van der Waals surface area contributed by atoms with Gasteiger partial charge in [-0.1, -0.05) is 6.42 Å². The average molecular weight is 299 g/mol. The van der Waals surface area contributed by atoms with E-state index in [1.807, 2.05) is 0 Å². The molecule has 2 aromatic rings. The third-order valence-electron chi connectivity index (χ3n) is 5.69. The van der Waals surface area contributed by atoms with Crippen LogP contribution in [0.3, 0.4) is 0 Å². The first-order chi connectivity index (χ1) is 10.7. The van der Waals surface area contributed by atoms with Crippen LogP contribution < -0.4 is 5.73 Å². The van der Waals surface area contributed by atoms with Gasteiger partial charge >= 0.3 is 0 Å². The molecule has 0 amide bonds. The summed E-state index contributed by atoms with van der Waals surface area (Å²) in [5, 5.41) is 0.984. The summed E-state index contributed by atoms with van der Waals surface area (Å²) < 4.78 is 2.32. The molecule has 2 unspecified atom stereocenters. The number of hydrogen-bond donors (Lipinski definition) is 1. The molecular weight excluding hydrogens is 274 g/mol. The SMILES string of the molecule is CN(CC1CCC(n2ccc3c(N)ncnc32)C1)C1CCC1. The summed E-state index contributed by atoms with van der Waals surface area (Å²) in [6.45, 7) is 1.25. The molecule has 0 spiro atoms. The number of hydrogen-bond acceptors (Lipinski definition) is 4. The Bertz CT molecular complexity index is 660. The van der Waals surface area contributed by atoms with E-state index in [-0.39, 0.29) is 0 Å². The van der Waals surface area contributed by atoms with E-state index < -0.39 is 0 Å². The summed E-state index contributed by atoms with van der Waals surface area (Å²) in [5.41, 5.74) is 6.94. The predicted octanol–water partition coefficient (Wildman–Crippen LogP) is 2.84. The summed E-state index contributed by atoms with van der Waals surface area (Å²) >= 11 is 0. The van der Waals surface area contributed by atoms with Crippen molar-refractivity contribution in [2.45, 2.75) is 50.6 Å². The molecule has 0 saturated heterocycles. The fraction of sp³-hybridized carbons (Fsp3) is 0.647. The molecule has 0 aliphatic heterocycles. The van der Waals surface area contributed by atoms with Crippen molar-refractivity contribution < 1.29 is 0 Å². The van der Waals surface area contributed by atoms with Gasteiger partial charge in [-0.25, -0.2) is 9.97 Å². The lowest BCUT2D eigenvalue weighted by Gasteiger charge is -2.36. The number of aromatic nitrogens is 3. The van der Waals surface area contributed by atoms with Crippen molar-refractivity contribution in [1.29, 1.82) is 0 Å². The normalized spacial score (nSPS) is 25.9. The van der Waals surface area contributed by atoms with Gasteiger partial charge in [0.2, 0.25) is 0 Å². The molecule has 2 aromatic heterocycles. The first kappa shape index (κ1) is 14.0. The van der Waals surface area contributed by atoms with Crippen LogP contribution in [0.4, 0.5) is 5.82 Å². The molecule has 2 aliphatic carbocycles. The van der Waals surface area contributed by atoms with Crippen molar-refractivity contribution in [1.82, 2.24) is 19.4 Å². The van der Waals surface area contributed by atoms with Gasteiger partial charge in [0, 0.05) is 24.8 Å². The third kappa shape index (κ3) is 2.37. The summed E-state index contributed by atoms with van der Waals surface area (Å²) in [7, 11) is 2.30. The molecule has 22 heavy (non-hydrogen) atoms. The Morgan fingerprint density at radius 3 is 2.91 bits per heavy atom. The maximum atomic E-state index is 5.95. The second-order valence-corrected chi connectivity index (χ2v) is 7.08. The quantitative estimate of drug-likeness (QED) is 0.943. The molecular formula is C17H25N5. The van der Waals surface area contributed by atoms with Crippen molar-refractivity contribution in [2.75, 3.05) is 19.3 Å². The first-order valence-corrected chi connectivity index (χ1v) is 8.49. The third-order valence-corrected chi connectivity index (χ3v) is 5.69. The largest absolute Gasteiger partial charge is 0.383 e. The highest BCUT2D eigenvalue weighted by Crippen LogP contribution is 2.38. The second-order valence-electron chi connectivity index (χ2n) is 7.08. The van der Waals surface area contributed by atoms with Crippen molar-refractivity contribution >= 4 is 16.9 Å². The standard InChI is InChI=1S/C17H25N5/c1-21(13-3-2-4-13)10-12-5-6-14(9-12)22-8-7-15-16(18)19-11-20-17(15)22/h7-8,11-14H,2-6,9-10H2,1H3,(H2,18,19,20). The number of nitrogens with two attached hydrogens (primary N) is 1. The van der Waals surface area contributed by atoms with Crippen LogP contribution in [0.1, 0.15) is 44.6 Å². The lowest BCUT2D eigenvalue weighted by molar-refractivity contribution is 0.138. The molecule has 2 saturated carbocycles. The van der Waals surface area contributed by atoms with Crippen molar-refractivity contribution in [2.24, 2.45) is 5.92 Å². The van der Waals surface area contributed by atoms with Crippen molar-refractivity contribution in [3.63, 3.8) is 0 Å². The van der Waals surface area contributed by atoms with Gasteiger partial charge in [0.05, 0.1) is 5.39 Å². The smallest absolute Gasteiger partial charge is 0.145 e. The van der Waals surface area contributed by atoms with E-state index in [0.717, 1.165) is 23.0 Å². The number of nitrogen functional groups attached to an aromatic ring is 1. The molecule has 5 heteroatoms. The van der Waals surface area contributed by atoms with Gasteiger partial charge in [0.1, 0.15) is 17.8 Å². The van der Waals surface area contributed by atoms with Crippen LogP contribution in [0.2, 0.25) is 0 Å². The Morgan fingerprint density at radius 2 is 2.14 bits per heavy atom. The van der Waals surface area contributed by atoms with E-state index in [1.54, 1.807) is 6.33 Å². The zero-order valence-electron chi connectivity index (χ0n) is 13.3. The van der Waals surface area contributed by atoms with Gasteiger partial charge in [0.15, 0.2) is 0 Å². The van der Waals surface area contributed by atoms with Crippen LogP contribution in [-0.4, -0.2) is 39.1 Å². The predicted molar refractivity (Wildman–Crippen MR) is 88.6 cm³/mol. The topological polar surface area (TPSA) is 60.0 Å². The van der Waals surface area contributed by atoms with E-state index in [2.05, 4.69) is 38.7 Å². The van der Waals surface area contributed by atoms with Gasteiger partial charge in [-0.3, -0.25) is 0 Å². The summed E-state index contributed by atoms with van der Waals surface area (Å²) in [6.07, 6.45) is 11.7. The Balaban J connectivity index is 1.46.